The summed E-state index contributed by atoms with van der Waals surface area (Å²) in [6.07, 6.45) is -1.77. The zero-order valence-corrected chi connectivity index (χ0v) is 18.0. The van der Waals surface area contributed by atoms with Gasteiger partial charge in [-0.05, 0) is 37.5 Å². The fraction of sp³-hybridized carbons (Fsp3) is 0.450. The molecule has 2 heterocycles. The van der Waals surface area contributed by atoms with Crippen LogP contribution in [0.25, 0.3) is 10.9 Å². The fourth-order valence-electron chi connectivity index (χ4n) is 3.23. The zero-order valence-electron chi connectivity index (χ0n) is 17.1. The highest BCUT2D eigenvalue weighted by molar-refractivity contribution is 7.99. The number of carboxylic acid groups (broad SMARTS) is 2. The van der Waals surface area contributed by atoms with Crippen molar-refractivity contribution < 1.29 is 37.7 Å². The van der Waals surface area contributed by atoms with E-state index >= 15 is 0 Å². The number of rotatable bonds is 7. The van der Waals surface area contributed by atoms with Crippen LogP contribution in [-0.4, -0.2) is 58.4 Å². The van der Waals surface area contributed by atoms with E-state index in [1.165, 1.54) is 6.20 Å². The molecule has 0 bridgehead atoms. The van der Waals surface area contributed by atoms with E-state index in [4.69, 9.17) is 20.4 Å². The van der Waals surface area contributed by atoms with Gasteiger partial charge in [0.25, 0.3) is 0 Å². The monoisotopic (exact) mass is 476 g/mol. The quantitative estimate of drug-likeness (QED) is 0.411. The Kier molecular flexibility index (Phi) is 8.70. The van der Waals surface area contributed by atoms with Crippen molar-refractivity contribution in [2.24, 2.45) is 5.73 Å². The maximum Gasteiger partial charge on any atom is 0.490 e. The minimum absolute atomic E-state index is 0.166. The Morgan fingerprint density at radius 3 is 2.50 bits per heavy atom. The molecule has 2 aromatic rings. The summed E-state index contributed by atoms with van der Waals surface area (Å²) in [6.45, 7) is 3.68. The van der Waals surface area contributed by atoms with Gasteiger partial charge in [-0.2, -0.15) is 13.2 Å². The summed E-state index contributed by atoms with van der Waals surface area (Å²) < 4.78 is 39.1. The summed E-state index contributed by atoms with van der Waals surface area (Å²) >= 11 is 1.61. The lowest BCUT2D eigenvalue weighted by atomic mass is 9.96. The smallest absolute Gasteiger partial charge is 0.477 e. The lowest BCUT2D eigenvalue weighted by Gasteiger charge is -2.27. The predicted octanol–water partition coefficient (Wildman–Crippen LogP) is 2.91. The first kappa shape index (κ1) is 25.7. The van der Waals surface area contributed by atoms with Crippen LogP contribution in [0.3, 0.4) is 0 Å². The first-order chi connectivity index (χ1) is 15.0. The lowest BCUT2D eigenvalue weighted by molar-refractivity contribution is -0.192. The minimum Gasteiger partial charge on any atom is -0.477 e. The molecule has 12 heteroatoms. The average Bonchev–Trinajstić information content (AvgIpc) is 2.71. The van der Waals surface area contributed by atoms with E-state index < -0.39 is 23.5 Å². The zero-order chi connectivity index (χ0) is 24.1. The number of hydrogen-bond donors (Lipinski definition) is 3. The van der Waals surface area contributed by atoms with E-state index in [0.717, 1.165) is 34.6 Å². The van der Waals surface area contributed by atoms with E-state index in [2.05, 4.69) is 13.0 Å². The Morgan fingerprint density at radius 2 is 1.94 bits per heavy atom. The molecule has 1 aromatic carbocycles. The van der Waals surface area contributed by atoms with Crippen molar-refractivity contribution >= 4 is 34.6 Å². The van der Waals surface area contributed by atoms with Gasteiger partial charge in [-0.1, -0.05) is 0 Å². The number of benzene rings is 1. The molecule has 8 nitrogen and oxygen atoms in total. The van der Waals surface area contributed by atoms with Crippen LogP contribution in [0.2, 0.25) is 0 Å². The molecule has 0 saturated heterocycles. The normalized spacial score (nSPS) is 15.2. The molecule has 1 atom stereocenters. The van der Waals surface area contributed by atoms with Gasteiger partial charge in [0.2, 0.25) is 5.43 Å². The van der Waals surface area contributed by atoms with Gasteiger partial charge < -0.3 is 25.3 Å². The number of ether oxygens (including phenoxy) is 1. The van der Waals surface area contributed by atoms with Crippen LogP contribution in [0.15, 0.2) is 28.0 Å². The van der Waals surface area contributed by atoms with E-state index in [0.29, 0.717) is 25.1 Å². The lowest BCUT2D eigenvalue weighted by Crippen LogP contribution is -2.23. The molecule has 4 N–H and O–H groups in total. The molecule has 32 heavy (non-hydrogen) atoms. The Morgan fingerprint density at radius 1 is 1.28 bits per heavy atom. The van der Waals surface area contributed by atoms with Gasteiger partial charge in [-0.3, -0.25) is 4.79 Å². The number of aromatic carboxylic acids is 1. The Balaban J connectivity index is 0.000000451. The van der Waals surface area contributed by atoms with Gasteiger partial charge in [0.1, 0.15) is 5.56 Å². The van der Waals surface area contributed by atoms with Gasteiger partial charge in [0.15, 0.2) is 0 Å². The second-order valence-corrected chi connectivity index (χ2v) is 8.17. The fourth-order valence-corrected chi connectivity index (χ4v) is 4.10. The van der Waals surface area contributed by atoms with Gasteiger partial charge >= 0.3 is 18.1 Å². The van der Waals surface area contributed by atoms with E-state index in [9.17, 15) is 27.9 Å². The molecule has 0 aliphatic carbocycles. The summed E-state index contributed by atoms with van der Waals surface area (Å²) in [4.78, 5) is 34.0. The molecule has 1 aromatic heterocycles. The Labute approximate surface area is 185 Å². The van der Waals surface area contributed by atoms with Crippen molar-refractivity contribution in [1.82, 2.24) is 4.57 Å². The van der Waals surface area contributed by atoms with E-state index in [1.807, 2.05) is 10.6 Å². The van der Waals surface area contributed by atoms with Gasteiger partial charge in [-0.25, -0.2) is 9.59 Å². The molecular weight excluding hydrogens is 453 g/mol. The SMILES string of the molecule is C[C@@H]1CCc2cc(SCCOCCN)cc3c(=O)c(C(=O)O)cn1c23.O=C(O)C(F)(F)F. The van der Waals surface area contributed by atoms with Crippen LogP contribution in [0, 0.1) is 0 Å². The highest BCUT2D eigenvalue weighted by Crippen LogP contribution is 2.33. The molecule has 0 unspecified atom stereocenters. The molecule has 0 fully saturated rings. The van der Waals surface area contributed by atoms with Gasteiger partial charge in [0, 0.05) is 34.8 Å². The van der Waals surface area contributed by atoms with Crippen molar-refractivity contribution in [3.8, 4) is 0 Å². The number of nitrogens with two attached hydrogens (primary N) is 1. The van der Waals surface area contributed by atoms with Gasteiger partial charge in [0.05, 0.1) is 18.7 Å². The largest absolute Gasteiger partial charge is 0.490 e. The van der Waals surface area contributed by atoms with Crippen LogP contribution in [-0.2, 0) is 16.0 Å². The van der Waals surface area contributed by atoms with Crippen molar-refractivity contribution in [2.75, 3.05) is 25.5 Å². The number of carboxylic acids is 2. The summed E-state index contributed by atoms with van der Waals surface area (Å²) in [5.74, 6) is -3.18. The van der Waals surface area contributed by atoms with Crippen LogP contribution >= 0.6 is 11.8 Å². The first-order valence-corrected chi connectivity index (χ1v) is 10.6. The number of pyridine rings is 1. The first-order valence-electron chi connectivity index (χ1n) is 9.63. The van der Waals surface area contributed by atoms with Crippen molar-refractivity contribution in [2.45, 2.75) is 36.9 Å². The highest BCUT2D eigenvalue weighted by Gasteiger charge is 2.38. The number of aryl methyl sites for hydroxylation is 1. The Hall–Kier alpha value is -2.57. The topological polar surface area (TPSA) is 132 Å². The molecule has 0 saturated carbocycles. The minimum atomic E-state index is -5.08. The van der Waals surface area contributed by atoms with E-state index in [-0.39, 0.29) is 11.6 Å². The van der Waals surface area contributed by atoms with Crippen molar-refractivity contribution in [3.63, 3.8) is 0 Å². The van der Waals surface area contributed by atoms with Crippen LogP contribution in [0.1, 0.15) is 35.3 Å². The summed E-state index contributed by atoms with van der Waals surface area (Å²) in [5, 5.41) is 17.0. The third kappa shape index (κ3) is 6.24. The number of aliphatic carboxylic acids is 1. The summed E-state index contributed by atoms with van der Waals surface area (Å²) in [6, 6.07) is 4.10. The average molecular weight is 476 g/mol. The van der Waals surface area contributed by atoms with E-state index in [1.54, 1.807) is 11.8 Å². The number of alkyl halides is 3. The molecular formula is C20H23F3N2O6S. The molecule has 1 aliphatic rings. The van der Waals surface area contributed by atoms with Crippen LogP contribution < -0.4 is 11.2 Å². The van der Waals surface area contributed by atoms with Crippen molar-refractivity contribution in [1.29, 1.82) is 0 Å². The molecule has 3 rings (SSSR count). The van der Waals surface area contributed by atoms with Gasteiger partial charge in [-0.15, -0.1) is 11.8 Å². The molecule has 0 amide bonds. The maximum atomic E-state index is 12.6. The molecule has 176 valence electrons. The molecule has 0 radical (unpaired) electrons. The number of nitrogens with zero attached hydrogens (tertiary/aromatic N) is 1. The third-order valence-corrected chi connectivity index (χ3v) is 5.66. The second-order valence-electron chi connectivity index (χ2n) is 7.00. The predicted molar refractivity (Wildman–Crippen MR) is 112 cm³/mol. The summed E-state index contributed by atoms with van der Waals surface area (Å²) in [7, 11) is 0. The number of carbonyl (C=O) groups is 2. The van der Waals surface area contributed by atoms with Crippen molar-refractivity contribution in [3.05, 3.63) is 39.7 Å². The maximum absolute atomic E-state index is 12.6. The molecule has 1 aliphatic heterocycles. The summed E-state index contributed by atoms with van der Waals surface area (Å²) in [5.41, 5.74) is 6.80. The second kappa shape index (κ2) is 10.8. The highest BCUT2D eigenvalue weighted by atomic mass is 32.2. The molecule has 0 spiro atoms. The van der Waals surface area contributed by atoms with Crippen LogP contribution in [0.4, 0.5) is 13.2 Å². The standard InChI is InChI=1S/C18H22N2O4S.C2HF3O2/c1-11-2-3-12-8-13(25-7-6-24-5-4-19)9-14-16(12)20(11)10-15(17(14)21)18(22)23;3-2(4,5)1(6)7/h8-11H,2-7,19H2,1H3,(H,22,23);(H,6,7)/t11-;/m1./s1. The number of thioether (sulfide) groups is 1. The number of aromatic nitrogens is 1. The number of halogens is 3. The Bertz CT molecular complexity index is 1050. The van der Waals surface area contributed by atoms with Crippen LogP contribution in [0.5, 0.6) is 0 Å². The number of hydrogen-bond acceptors (Lipinski definition) is 6. The third-order valence-electron chi connectivity index (χ3n) is 4.72.